The minimum absolute atomic E-state index is 0.438. The number of anilines is 1. The topological polar surface area (TPSA) is 37.4 Å². The summed E-state index contributed by atoms with van der Waals surface area (Å²) >= 11 is 0. The standard InChI is InChI=1S/C16H25N3O/c1-2-20-15-7-10-19(11-8-15)16-13(4-3-9-17-16)12-18-14-5-6-14/h3-4,9,14-15,18H,2,5-8,10-12H2,1H3. The molecule has 110 valence electrons. The van der Waals surface area contributed by atoms with Crippen LogP contribution in [0.4, 0.5) is 5.82 Å². The first-order valence-corrected chi connectivity index (χ1v) is 7.90. The van der Waals surface area contributed by atoms with Gasteiger partial charge in [0.1, 0.15) is 5.82 Å². The summed E-state index contributed by atoms with van der Waals surface area (Å²) in [7, 11) is 0. The van der Waals surface area contributed by atoms with Gasteiger partial charge in [0.2, 0.25) is 0 Å². The Morgan fingerprint density at radius 1 is 1.30 bits per heavy atom. The van der Waals surface area contributed by atoms with Crippen molar-refractivity contribution in [1.82, 2.24) is 10.3 Å². The van der Waals surface area contributed by atoms with E-state index in [2.05, 4.69) is 28.2 Å². The molecule has 0 amide bonds. The fourth-order valence-corrected chi connectivity index (χ4v) is 2.86. The Hall–Kier alpha value is -1.13. The summed E-state index contributed by atoms with van der Waals surface area (Å²) in [6.45, 7) is 5.95. The van der Waals surface area contributed by atoms with Crippen LogP contribution in [-0.4, -0.2) is 36.8 Å². The Labute approximate surface area is 121 Å². The molecule has 1 N–H and O–H groups in total. The number of ether oxygens (including phenoxy) is 1. The van der Waals surface area contributed by atoms with Gasteiger partial charge < -0.3 is 15.0 Å². The van der Waals surface area contributed by atoms with Crippen LogP contribution in [0.25, 0.3) is 0 Å². The van der Waals surface area contributed by atoms with Gasteiger partial charge in [-0.15, -0.1) is 0 Å². The van der Waals surface area contributed by atoms with Gasteiger partial charge in [-0.05, 0) is 38.7 Å². The molecular weight excluding hydrogens is 250 g/mol. The SMILES string of the molecule is CCOC1CCN(c2ncccc2CNC2CC2)CC1. The Bertz CT molecular complexity index is 425. The molecule has 0 radical (unpaired) electrons. The molecule has 1 aliphatic carbocycles. The molecule has 2 fully saturated rings. The number of pyridine rings is 1. The second kappa shape index (κ2) is 6.55. The van der Waals surface area contributed by atoms with E-state index >= 15 is 0 Å². The Balaban J connectivity index is 1.61. The van der Waals surface area contributed by atoms with Gasteiger partial charge in [-0.2, -0.15) is 0 Å². The fourth-order valence-electron chi connectivity index (χ4n) is 2.86. The summed E-state index contributed by atoms with van der Waals surface area (Å²) in [6.07, 6.45) is 7.22. The summed E-state index contributed by atoms with van der Waals surface area (Å²) in [5.41, 5.74) is 1.33. The Morgan fingerprint density at radius 3 is 2.80 bits per heavy atom. The summed E-state index contributed by atoms with van der Waals surface area (Å²) in [4.78, 5) is 7.03. The molecule has 1 aromatic rings. The lowest BCUT2D eigenvalue weighted by Gasteiger charge is -2.33. The summed E-state index contributed by atoms with van der Waals surface area (Å²) in [5, 5.41) is 3.59. The molecule has 3 rings (SSSR count). The quantitative estimate of drug-likeness (QED) is 0.864. The van der Waals surface area contributed by atoms with Crippen LogP contribution >= 0.6 is 0 Å². The van der Waals surface area contributed by atoms with Gasteiger partial charge in [0.25, 0.3) is 0 Å². The maximum Gasteiger partial charge on any atom is 0.133 e. The predicted molar refractivity (Wildman–Crippen MR) is 81.0 cm³/mol. The molecule has 0 aromatic carbocycles. The maximum absolute atomic E-state index is 5.73. The number of aromatic nitrogens is 1. The van der Waals surface area contributed by atoms with Gasteiger partial charge in [-0.3, -0.25) is 0 Å². The van der Waals surface area contributed by atoms with Crippen molar-refractivity contribution in [3.05, 3.63) is 23.9 Å². The molecule has 4 heteroatoms. The lowest BCUT2D eigenvalue weighted by molar-refractivity contribution is 0.0458. The van der Waals surface area contributed by atoms with E-state index in [0.29, 0.717) is 6.10 Å². The van der Waals surface area contributed by atoms with Crippen LogP contribution in [0.2, 0.25) is 0 Å². The molecule has 2 heterocycles. The molecule has 1 aromatic heterocycles. The molecule has 2 aliphatic rings. The summed E-state index contributed by atoms with van der Waals surface area (Å²) in [6, 6.07) is 4.99. The van der Waals surface area contributed by atoms with Gasteiger partial charge in [-0.25, -0.2) is 4.98 Å². The third-order valence-corrected chi connectivity index (χ3v) is 4.17. The molecule has 20 heavy (non-hydrogen) atoms. The van der Waals surface area contributed by atoms with Crippen LogP contribution in [0.15, 0.2) is 18.3 Å². The Kier molecular flexibility index (Phi) is 4.53. The largest absolute Gasteiger partial charge is 0.378 e. The number of nitrogens with one attached hydrogen (secondary N) is 1. The first-order chi connectivity index (χ1) is 9.86. The van der Waals surface area contributed by atoms with Crippen molar-refractivity contribution < 1.29 is 4.74 Å². The van der Waals surface area contributed by atoms with Gasteiger partial charge in [0.05, 0.1) is 6.10 Å². The molecule has 1 saturated heterocycles. The molecule has 4 nitrogen and oxygen atoms in total. The van der Waals surface area contributed by atoms with E-state index in [1.807, 2.05) is 12.3 Å². The molecule has 0 bridgehead atoms. The first-order valence-electron chi connectivity index (χ1n) is 7.90. The third-order valence-electron chi connectivity index (χ3n) is 4.17. The van der Waals surface area contributed by atoms with Crippen molar-refractivity contribution >= 4 is 5.82 Å². The van der Waals surface area contributed by atoms with Crippen LogP contribution < -0.4 is 10.2 Å². The van der Waals surface area contributed by atoms with Crippen molar-refractivity contribution in [2.45, 2.75) is 51.3 Å². The summed E-state index contributed by atoms with van der Waals surface area (Å²) < 4.78 is 5.73. The average molecular weight is 275 g/mol. The first kappa shape index (κ1) is 13.8. The smallest absolute Gasteiger partial charge is 0.133 e. The van der Waals surface area contributed by atoms with Gasteiger partial charge >= 0.3 is 0 Å². The van der Waals surface area contributed by atoms with E-state index in [9.17, 15) is 0 Å². The number of piperidine rings is 1. The average Bonchev–Trinajstić information content (AvgIpc) is 3.31. The van der Waals surface area contributed by atoms with E-state index in [1.165, 1.54) is 18.4 Å². The van der Waals surface area contributed by atoms with E-state index in [0.717, 1.165) is 50.9 Å². The zero-order chi connectivity index (χ0) is 13.8. The van der Waals surface area contributed by atoms with Crippen molar-refractivity contribution in [2.75, 3.05) is 24.6 Å². The fraction of sp³-hybridized carbons (Fsp3) is 0.688. The molecule has 0 atom stereocenters. The minimum atomic E-state index is 0.438. The minimum Gasteiger partial charge on any atom is -0.378 e. The van der Waals surface area contributed by atoms with Crippen LogP contribution in [0, 0.1) is 0 Å². The number of rotatable bonds is 6. The highest BCUT2D eigenvalue weighted by Crippen LogP contribution is 2.24. The number of nitrogens with zero attached hydrogens (tertiary/aromatic N) is 2. The highest BCUT2D eigenvalue weighted by molar-refractivity contribution is 5.47. The van der Waals surface area contributed by atoms with E-state index < -0.39 is 0 Å². The zero-order valence-corrected chi connectivity index (χ0v) is 12.3. The number of hydrogen-bond donors (Lipinski definition) is 1. The highest BCUT2D eigenvalue weighted by Gasteiger charge is 2.23. The molecule has 0 unspecified atom stereocenters. The van der Waals surface area contributed by atoms with Crippen molar-refractivity contribution in [2.24, 2.45) is 0 Å². The normalized spacial score (nSPS) is 20.4. The van der Waals surface area contributed by atoms with E-state index in [1.54, 1.807) is 0 Å². The second-order valence-corrected chi connectivity index (χ2v) is 5.78. The van der Waals surface area contributed by atoms with Crippen LogP contribution in [-0.2, 0) is 11.3 Å². The van der Waals surface area contributed by atoms with Crippen LogP contribution in [0.3, 0.4) is 0 Å². The summed E-state index contributed by atoms with van der Waals surface area (Å²) in [5.74, 6) is 1.16. The van der Waals surface area contributed by atoms with Crippen LogP contribution in [0.5, 0.6) is 0 Å². The molecular formula is C16H25N3O. The van der Waals surface area contributed by atoms with Crippen molar-refractivity contribution in [3.63, 3.8) is 0 Å². The van der Waals surface area contributed by atoms with Gasteiger partial charge in [0.15, 0.2) is 0 Å². The maximum atomic E-state index is 5.73. The van der Waals surface area contributed by atoms with Gasteiger partial charge in [-0.1, -0.05) is 6.07 Å². The predicted octanol–water partition coefficient (Wildman–Crippen LogP) is 2.34. The van der Waals surface area contributed by atoms with Crippen molar-refractivity contribution in [3.8, 4) is 0 Å². The van der Waals surface area contributed by atoms with E-state index in [4.69, 9.17) is 4.74 Å². The third kappa shape index (κ3) is 3.49. The van der Waals surface area contributed by atoms with Crippen LogP contribution in [0.1, 0.15) is 38.2 Å². The lowest BCUT2D eigenvalue weighted by atomic mass is 10.1. The highest BCUT2D eigenvalue weighted by atomic mass is 16.5. The number of hydrogen-bond acceptors (Lipinski definition) is 4. The molecule has 1 aliphatic heterocycles. The second-order valence-electron chi connectivity index (χ2n) is 5.78. The van der Waals surface area contributed by atoms with Crippen molar-refractivity contribution in [1.29, 1.82) is 0 Å². The monoisotopic (exact) mass is 275 g/mol. The Morgan fingerprint density at radius 2 is 2.10 bits per heavy atom. The zero-order valence-electron chi connectivity index (χ0n) is 12.3. The lowest BCUT2D eigenvalue weighted by Crippen LogP contribution is -2.38. The van der Waals surface area contributed by atoms with Gasteiger partial charge in [0, 0.05) is 44.0 Å². The van der Waals surface area contributed by atoms with E-state index in [-0.39, 0.29) is 0 Å². The molecule has 0 spiro atoms. The molecule has 1 saturated carbocycles.